The van der Waals surface area contributed by atoms with Gasteiger partial charge in [-0.3, -0.25) is 4.98 Å². The summed E-state index contributed by atoms with van der Waals surface area (Å²) in [6.07, 6.45) is 4.13. The van der Waals surface area contributed by atoms with Gasteiger partial charge in [0.25, 0.3) is 0 Å². The number of aromatic nitrogens is 2. The van der Waals surface area contributed by atoms with Gasteiger partial charge >= 0.3 is 0 Å². The van der Waals surface area contributed by atoms with Crippen LogP contribution in [-0.4, -0.2) is 49.5 Å². The summed E-state index contributed by atoms with van der Waals surface area (Å²) in [6, 6.07) is 0. The minimum atomic E-state index is -2.88. The third-order valence-corrected chi connectivity index (χ3v) is 4.84. The first-order valence-corrected chi connectivity index (χ1v) is 8.40. The molecule has 0 spiro atoms. The zero-order valence-corrected chi connectivity index (χ0v) is 12.0. The minimum absolute atomic E-state index is 0.202. The van der Waals surface area contributed by atoms with E-state index in [1.54, 1.807) is 12.4 Å². The molecule has 0 unspecified atom stereocenters. The molecule has 1 aromatic rings. The van der Waals surface area contributed by atoms with E-state index < -0.39 is 9.84 Å². The van der Waals surface area contributed by atoms with Crippen LogP contribution in [0.2, 0.25) is 0 Å². The predicted octanol–water partition coefficient (Wildman–Crippen LogP) is 0.211. The molecule has 0 aromatic carbocycles. The summed E-state index contributed by atoms with van der Waals surface area (Å²) in [6.45, 7) is 4.87. The van der Waals surface area contributed by atoms with Crippen molar-refractivity contribution in [3.8, 4) is 0 Å². The Morgan fingerprint density at radius 2 is 2.11 bits per heavy atom. The Kier molecular flexibility index (Phi) is 4.71. The van der Waals surface area contributed by atoms with Crippen LogP contribution in [-0.2, 0) is 16.4 Å². The van der Waals surface area contributed by atoms with Gasteiger partial charge in [0.15, 0.2) is 9.84 Å². The molecule has 7 heteroatoms. The lowest BCUT2D eigenvalue weighted by atomic mass is 10.4. The first kappa shape index (κ1) is 14.2. The summed E-state index contributed by atoms with van der Waals surface area (Å²) in [5.41, 5.74) is 0.896. The molecule has 1 aromatic heterocycles. The van der Waals surface area contributed by atoms with Crippen LogP contribution in [0.5, 0.6) is 0 Å². The van der Waals surface area contributed by atoms with Crippen molar-refractivity contribution >= 4 is 15.7 Å². The van der Waals surface area contributed by atoms with Crippen LogP contribution < -0.4 is 10.2 Å². The average molecular weight is 284 g/mol. The van der Waals surface area contributed by atoms with Gasteiger partial charge in [0, 0.05) is 19.6 Å². The fourth-order valence-electron chi connectivity index (χ4n) is 2.02. The molecule has 2 rings (SSSR count). The first-order chi connectivity index (χ1) is 9.11. The van der Waals surface area contributed by atoms with Crippen molar-refractivity contribution in [2.45, 2.75) is 19.9 Å². The van der Waals surface area contributed by atoms with Gasteiger partial charge in [-0.1, -0.05) is 6.92 Å². The maximum Gasteiger partial charge on any atom is 0.152 e. The molecule has 1 saturated heterocycles. The summed E-state index contributed by atoms with van der Waals surface area (Å²) >= 11 is 0. The van der Waals surface area contributed by atoms with Crippen LogP contribution in [0.4, 0.5) is 5.82 Å². The van der Waals surface area contributed by atoms with Crippen molar-refractivity contribution in [1.29, 1.82) is 0 Å². The van der Waals surface area contributed by atoms with Crippen molar-refractivity contribution in [2.75, 3.05) is 36.0 Å². The lowest BCUT2D eigenvalue weighted by Gasteiger charge is -2.20. The summed E-state index contributed by atoms with van der Waals surface area (Å²) < 4.78 is 23.1. The Morgan fingerprint density at radius 3 is 2.79 bits per heavy atom. The highest BCUT2D eigenvalue weighted by atomic mass is 32.2. The van der Waals surface area contributed by atoms with E-state index in [9.17, 15) is 8.42 Å². The van der Waals surface area contributed by atoms with E-state index in [4.69, 9.17) is 0 Å². The third-order valence-electron chi connectivity index (χ3n) is 3.13. The van der Waals surface area contributed by atoms with Gasteiger partial charge in [-0.05, 0) is 13.0 Å². The van der Waals surface area contributed by atoms with Crippen LogP contribution in [0, 0.1) is 0 Å². The van der Waals surface area contributed by atoms with Gasteiger partial charge in [0.05, 0.1) is 29.6 Å². The molecule has 1 N–H and O–H groups in total. The van der Waals surface area contributed by atoms with E-state index in [-0.39, 0.29) is 11.5 Å². The molecule has 0 atom stereocenters. The second-order valence-corrected chi connectivity index (χ2v) is 6.94. The van der Waals surface area contributed by atoms with E-state index in [1.165, 1.54) is 0 Å². The lowest BCUT2D eigenvalue weighted by Crippen LogP contribution is -2.27. The molecule has 0 saturated carbocycles. The Morgan fingerprint density at radius 1 is 1.26 bits per heavy atom. The molecule has 0 radical (unpaired) electrons. The Hall–Kier alpha value is -1.21. The highest BCUT2D eigenvalue weighted by molar-refractivity contribution is 7.91. The molecule has 0 aliphatic carbocycles. The topological polar surface area (TPSA) is 75.2 Å². The van der Waals surface area contributed by atoms with E-state index in [0.29, 0.717) is 19.5 Å². The van der Waals surface area contributed by atoms with Gasteiger partial charge in [0.1, 0.15) is 5.82 Å². The van der Waals surface area contributed by atoms with Gasteiger partial charge in [-0.15, -0.1) is 0 Å². The molecule has 1 aliphatic rings. The van der Waals surface area contributed by atoms with Crippen molar-refractivity contribution in [3.63, 3.8) is 0 Å². The van der Waals surface area contributed by atoms with Crippen molar-refractivity contribution in [1.82, 2.24) is 15.3 Å². The fourth-order valence-corrected chi connectivity index (χ4v) is 3.29. The molecule has 106 valence electrons. The Balaban J connectivity index is 2.01. The SMILES string of the molecule is CCNCc1cnc(N2CCCS(=O)(=O)CC2)cn1. The number of sulfone groups is 1. The van der Waals surface area contributed by atoms with Gasteiger partial charge in [-0.2, -0.15) is 0 Å². The van der Waals surface area contributed by atoms with Crippen molar-refractivity contribution in [2.24, 2.45) is 0 Å². The molecule has 2 heterocycles. The molecule has 19 heavy (non-hydrogen) atoms. The maximum atomic E-state index is 11.5. The van der Waals surface area contributed by atoms with E-state index in [2.05, 4.69) is 15.3 Å². The summed E-state index contributed by atoms with van der Waals surface area (Å²) in [5, 5.41) is 3.19. The Bertz CT molecular complexity index is 501. The number of rotatable bonds is 4. The molecule has 1 fully saturated rings. The Labute approximate surface area is 114 Å². The molecule has 1 aliphatic heterocycles. The van der Waals surface area contributed by atoms with Crippen molar-refractivity contribution < 1.29 is 8.42 Å². The fraction of sp³-hybridized carbons (Fsp3) is 0.667. The number of nitrogens with zero attached hydrogens (tertiary/aromatic N) is 3. The number of anilines is 1. The average Bonchev–Trinajstić information content (AvgIpc) is 2.58. The van der Waals surface area contributed by atoms with Crippen LogP contribution in [0.1, 0.15) is 19.0 Å². The second kappa shape index (κ2) is 6.29. The minimum Gasteiger partial charge on any atom is -0.354 e. The highest BCUT2D eigenvalue weighted by Crippen LogP contribution is 2.13. The molecule has 0 amide bonds. The standard InChI is InChI=1S/C12H20N4O2S/c1-2-13-8-11-9-15-12(10-14-11)16-4-3-6-19(17,18)7-5-16/h9-10,13H,2-8H2,1H3. The normalized spacial score (nSPS) is 19.1. The van der Waals surface area contributed by atoms with Gasteiger partial charge < -0.3 is 10.2 Å². The molecular formula is C12H20N4O2S. The van der Waals surface area contributed by atoms with Crippen LogP contribution in [0.15, 0.2) is 12.4 Å². The zero-order valence-electron chi connectivity index (χ0n) is 11.2. The van der Waals surface area contributed by atoms with E-state index >= 15 is 0 Å². The number of hydrogen-bond donors (Lipinski definition) is 1. The second-order valence-electron chi connectivity index (χ2n) is 4.64. The predicted molar refractivity (Wildman–Crippen MR) is 74.9 cm³/mol. The first-order valence-electron chi connectivity index (χ1n) is 6.58. The highest BCUT2D eigenvalue weighted by Gasteiger charge is 2.20. The monoisotopic (exact) mass is 284 g/mol. The van der Waals surface area contributed by atoms with Crippen LogP contribution in [0.3, 0.4) is 0 Å². The van der Waals surface area contributed by atoms with Crippen molar-refractivity contribution in [3.05, 3.63) is 18.1 Å². The number of nitrogens with one attached hydrogen (secondary N) is 1. The molecular weight excluding hydrogens is 264 g/mol. The van der Waals surface area contributed by atoms with E-state index in [0.717, 1.165) is 24.6 Å². The summed E-state index contributed by atoms with van der Waals surface area (Å²) in [7, 11) is -2.88. The van der Waals surface area contributed by atoms with Crippen LogP contribution in [0.25, 0.3) is 0 Å². The maximum absolute atomic E-state index is 11.5. The van der Waals surface area contributed by atoms with E-state index in [1.807, 2.05) is 11.8 Å². The van der Waals surface area contributed by atoms with Gasteiger partial charge in [-0.25, -0.2) is 13.4 Å². The quantitative estimate of drug-likeness (QED) is 0.852. The summed E-state index contributed by atoms with van der Waals surface area (Å²) in [5.74, 6) is 1.24. The van der Waals surface area contributed by atoms with Crippen LogP contribution >= 0.6 is 0 Å². The third kappa shape index (κ3) is 4.14. The molecule has 6 nitrogen and oxygen atoms in total. The number of hydrogen-bond acceptors (Lipinski definition) is 6. The molecule has 0 bridgehead atoms. The van der Waals surface area contributed by atoms with Gasteiger partial charge in [0.2, 0.25) is 0 Å². The smallest absolute Gasteiger partial charge is 0.152 e. The summed E-state index contributed by atoms with van der Waals surface area (Å²) in [4.78, 5) is 10.7. The largest absolute Gasteiger partial charge is 0.354 e. The lowest BCUT2D eigenvalue weighted by molar-refractivity contribution is 0.597. The zero-order chi connectivity index (χ0) is 13.7.